The zero-order chi connectivity index (χ0) is 16.8. The van der Waals surface area contributed by atoms with E-state index in [1.54, 1.807) is 23.2 Å². The molecule has 0 radical (unpaired) electrons. The molecule has 0 saturated carbocycles. The highest BCUT2D eigenvalue weighted by molar-refractivity contribution is 7.09. The molecule has 1 aliphatic rings. The molecule has 128 valence electrons. The molecule has 0 unspecified atom stereocenters. The molecular weight excluding hydrogens is 310 g/mol. The van der Waals surface area contributed by atoms with Crippen molar-refractivity contribution in [2.75, 3.05) is 26.7 Å². The number of hydrogen-bond donors (Lipinski definition) is 1. The zero-order valence-corrected chi connectivity index (χ0v) is 15.1. The maximum absolute atomic E-state index is 12.3. The average molecular weight is 337 g/mol. The van der Waals surface area contributed by atoms with Crippen LogP contribution in [0.2, 0.25) is 0 Å². The van der Waals surface area contributed by atoms with E-state index in [9.17, 15) is 9.59 Å². The van der Waals surface area contributed by atoms with Gasteiger partial charge in [-0.15, -0.1) is 11.3 Å². The Labute approximate surface area is 142 Å². The molecular formula is C17H27N3O2S. The molecule has 1 fully saturated rings. The van der Waals surface area contributed by atoms with E-state index in [1.165, 1.54) is 4.88 Å². The Hall–Kier alpha value is -1.56. The van der Waals surface area contributed by atoms with Crippen LogP contribution in [0.15, 0.2) is 17.5 Å². The van der Waals surface area contributed by atoms with Crippen molar-refractivity contribution in [1.29, 1.82) is 0 Å². The summed E-state index contributed by atoms with van der Waals surface area (Å²) in [6, 6.07) is 4.48. The van der Waals surface area contributed by atoms with Gasteiger partial charge in [0.25, 0.3) is 0 Å². The monoisotopic (exact) mass is 337 g/mol. The summed E-state index contributed by atoms with van der Waals surface area (Å²) in [5, 5.41) is 5.13. The van der Waals surface area contributed by atoms with Gasteiger partial charge in [-0.2, -0.15) is 0 Å². The van der Waals surface area contributed by atoms with Gasteiger partial charge in [-0.05, 0) is 36.6 Å². The first-order chi connectivity index (χ1) is 11.0. The standard InChI is InChI=1S/C17H27N3O2S/c1-13(11-16-5-4-10-23-16)12-18-17(22)20-8-6-15(7-9-20)19(3)14(2)21/h4-5,10,13,15H,6-9,11-12H2,1-3H3,(H,18,22)/t13-/m0/s1. The van der Waals surface area contributed by atoms with E-state index in [-0.39, 0.29) is 18.0 Å². The van der Waals surface area contributed by atoms with Crippen LogP contribution >= 0.6 is 11.3 Å². The maximum atomic E-state index is 12.3. The van der Waals surface area contributed by atoms with Gasteiger partial charge in [0.1, 0.15) is 0 Å². The molecule has 1 aromatic heterocycles. The van der Waals surface area contributed by atoms with Crippen molar-refractivity contribution >= 4 is 23.3 Å². The van der Waals surface area contributed by atoms with E-state index in [1.807, 2.05) is 11.9 Å². The molecule has 3 amide bonds. The SMILES string of the molecule is CC(=O)N(C)C1CCN(C(=O)NC[C@@H](C)Cc2cccs2)CC1. The van der Waals surface area contributed by atoms with Crippen molar-refractivity contribution in [3.8, 4) is 0 Å². The molecule has 1 N–H and O–H groups in total. The summed E-state index contributed by atoms with van der Waals surface area (Å²) in [6.45, 7) is 5.88. The molecule has 1 atom stereocenters. The molecule has 0 spiro atoms. The number of hydrogen-bond acceptors (Lipinski definition) is 3. The third kappa shape index (κ3) is 5.23. The lowest BCUT2D eigenvalue weighted by atomic mass is 10.0. The van der Waals surface area contributed by atoms with Crippen LogP contribution < -0.4 is 5.32 Å². The normalized spacial score (nSPS) is 16.9. The number of rotatable bonds is 5. The number of likely N-dealkylation sites (tertiary alicyclic amines) is 1. The fraction of sp³-hybridized carbons (Fsp3) is 0.647. The fourth-order valence-corrected chi connectivity index (χ4v) is 3.80. The first-order valence-corrected chi connectivity index (χ1v) is 9.14. The Balaban J connectivity index is 1.69. The average Bonchev–Trinajstić information content (AvgIpc) is 3.04. The molecule has 0 aliphatic carbocycles. The van der Waals surface area contributed by atoms with Crippen molar-refractivity contribution in [3.63, 3.8) is 0 Å². The van der Waals surface area contributed by atoms with E-state index in [2.05, 4.69) is 29.8 Å². The minimum absolute atomic E-state index is 0.0203. The molecule has 6 heteroatoms. The molecule has 1 saturated heterocycles. The van der Waals surface area contributed by atoms with Gasteiger partial charge in [-0.1, -0.05) is 13.0 Å². The van der Waals surface area contributed by atoms with Gasteiger partial charge in [0.2, 0.25) is 5.91 Å². The second-order valence-corrected chi connectivity index (χ2v) is 7.46. The highest BCUT2D eigenvalue weighted by Gasteiger charge is 2.26. The Bertz CT molecular complexity index is 510. The number of thiophene rings is 1. The number of urea groups is 1. The van der Waals surface area contributed by atoms with Crippen LogP contribution in [0, 0.1) is 5.92 Å². The third-order valence-corrected chi connectivity index (χ3v) is 5.43. The summed E-state index contributed by atoms with van der Waals surface area (Å²) in [4.78, 5) is 28.7. The smallest absolute Gasteiger partial charge is 0.317 e. The summed E-state index contributed by atoms with van der Waals surface area (Å²) < 4.78 is 0. The first-order valence-electron chi connectivity index (χ1n) is 8.26. The molecule has 23 heavy (non-hydrogen) atoms. The third-order valence-electron chi connectivity index (χ3n) is 4.53. The first kappa shape index (κ1) is 17.8. The summed E-state index contributed by atoms with van der Waals surface area (Å²) in [7, 11) is 1.84. The maximum Gasteiger partial charge on any atom is 0.317 e. The molecule has 2 rings (SSSR count). The van der Waals surface area contributed by atoms with Crippen LogP contribution in [-0.4, -0.2) is 54.5 Å². The number of nitrogens with one attached hydrogen (secondary N) is 1. The van der Waals surface area contributed by atoms with E-state index < -0.39 is 0 Å². The van der Waals surface area contributed by atoms with Crippen molar-refractivity contribution in [2.45, 2.75) is 39.2 Å². The number of amides is 3. The van der Waals surface area contributed by atoms with Gasteiger partial charge >= 0.3 is 6.03 Å². The van der Waals surface area contributed by atoms with Crippen molar-refractivity contribution < 1.29 is 9.59 Å². The highest BCUT2D eigenvalue weighted by Crippen LogP contribution is 2.16. The lowest BCUT2D eigenvalue weighted by molar-refractivity contribution is -0.130. The second-order valence-electron chi connectivity index (χ2n) is 6.42. The van der Waals surface area contributed by atoms with Gasteiger partial charge in [0.15, 0.2) is 0 Å². The van der Waals surface area contributed by atoms with Crippen LogP contribution in [0.1, 0.15) is 31.6 Å². The Morgan fingerprint density at radius 3 is 2.70 bits per heavy atom. The second kappa shape index (κ2) is 8.34. The molecule has 1 aliphatic heterocycles. The summed E-state index contributed by atoms with van der Waals surface area (Å²) in [5.41, 5.74) is 0. The largest absolute Gasteiger partial charge is 0.343 e. The van der Waals surface area contributed by atoms with Crippen molar-refractivity contribution in [3.05, 3.63) is 22.4 Å². The summed E-state index contributed by atoms with van der Waals surface area (Å²) >= 11 is 1.76. The quantitative estimate of drug-likeness (QED) is 0.898. The van der Waals surface area contributed by atoms with E-state index in [0.29, 0.717) is 25.6 Å². The highest BCUT2D eigenvalue weighted by atomic mass is 32.1. The van der Waals surface area contributed by atoms with Crippen LogP contribution in [0.3, 0.4) is 0 Å². The van der Waals surface area contributed by atoms with E-state index in [0.717, 1.165) is 19.3 Å². The van der Waals surface area contributed by atoms with Crippen LogP contribution in [0.25, 0.3) is 0 Å². The topological polar surface area (TPSA) is 52.7 Å². The number of piperidine rings is 1. The van der Waals surface area contributed by atoms with Crippen LogP contribution in [-0.2, 0) is 11.2 Å². The van der Waals surface area contributed by atoms with E-state index in [4.69, 9.17) is 0 Å². The Kier molecular flexibility index (Phi) is 6.45. The van der Waals surface area contributed by atoms with E-state index >= 15 is 0 Å². The predicted octanol–water partition coefficient (Wildman–Crippen LogP) is 2.58. The predicted molar refractivity (Wildman–Crippen MR) is 93.6 cm³/mol. The minimum Gasteiger partial charge on any atom is -0.343 e. The lowest BCUT2D eigenvalue weighted by Gasteiger charge is -2.36. The fourth-order valence-electron chi connectivity index (χ4n) is 2.93. The Morgan fingerprint density at radius 1 is 1.43 bits per heavy atom. The molecule has 0 bridgehead atoms. The van der Waals surface area contributed by atoms with Crippen LogP contribution in [0.5, 0.6) is 0 Å². The Morgan fingerprint density at radius 2 is 2.13 bits per heavy atom. The number of nitrogens with zero attached hydrogens (tertiary/aromatic N) is 2. The molecule has 1 aromatic rings. The van der Waals surface area contributed by atoms with Crippen LogP contribution in [0.4, 0.5) is 4.79 Å². The zero-order valence-electron chi connectivity index (χ0n) is 14.2. The lowest BCUT2D eigenvalue weighted by Crippen LogP contribution is -2.50. The number of carbonyl (C=O) groups excluding carboxylic acids is 2. The van der Waals surface area contributed by atoms with Crippen molar-refractivity contribution in [1.82, 2.24) is 15.1 Å². The minimum atomic E-state index is 0.0203. The molecule has 5 nitrogen and oxygen atoms in total. The van der Waals surface area contributed by atoms with Gasteiger partial charge < -0.3 is 15.1 Å². The summed E-state index contributed by atoms with van der Waals surface area (Å²) in [5.74, 6) is 0.522. The van der Waals surface area contributed by atoms with Crippen molar-refractivity contribution in [2.24, 2.45) is 5.92 Å². The summed E-state index contributed by atoms with van der Waals surface area (Å²) in [6.07, 6.45) is 2.71. The van der Waals surface area contributed by atoms with Gasteiger partial charge in [-0.25, -0.2) is 4.79 Å². The van der Waals surface area contributed by atoms with Gasteiger partial charge in [0, 0.05) is 44.5 Å². The van der Waals surface area contributed by atoms with Gasteiger partial charge in [0.05, 0.1) is 0 Å². The van der Waals surface area contributed by atoms with Gasteiger partial charge in [-0.3, -0.25) is 4.79 Å². The number of carbonyl (C=O) groups is 2. The molecule has 2 heterocycles. The molecule has 0 aromatic carbocycles.